The third-order valence-corrected chi connectivity index (χ3v) is 5.01. The predicted octanol–water partition coefficient (Wildman–Crippen LogP) is 2.74. The molecule has 0 aliphatic carbocycles. The molecule has 0 aliphatic rings. The minimum atomic E-state index is -0.974. The number of para-hydroxylation sites is 1. The molecule has 25 heavy (non-hydrogen) atoms. The van der Waals surface area contributed by atoms with Gasteiger partial charge in [0.05, 0.1) is 6.61 Å². The molecular formula is C19H24N2O3S. The minimum Gasteiger partial charge on any atom is -0.399 e. The number of hydrogen-bond donors (Lipinski definition) is 2. The van der Waals surface area contributed by atoms with Gasteiger partial charge in [0.1, 0.15) is 0 Å². The predicted molar refractivity (Wildman–Crippen MR) is 103 cm³/mol. The van der Waals surface area contributed by atoms with Gasteiger partial charge in [-0.1, -0.05) is 30.3 Å². The SMILES string of the molecule is COCCS(=O)Cc1cccc(NC(=O)CCc2ccccc2N)c1. The topological polar surface area (TPSA) is 81.4 Å². The number of amides is 1. The van der Waals surface area contributed by atoms with Gasteiger partial charge in [-0.2, -0.15) is 0 Å². The average molecular weight is 360 g/mol. The highest BCUT2D eigenvalue weighted by atomic mass is 32.2. The maximum atomic E-state index is 12.1. The summed E-state index contributed by atoms with van der Waals surface area (Å²) in [5.74, 6) is 0.889. The first-order chi connectivity index (χ1) is 12.1. The fraction of sp³-hybridized carbons (Fsp3) is 0.316. The van der Waals surface area contributed by atoms with Crippen molar-refractivity contribution in [1.82, 2.24) is 0 Å². The van der Waals surface area contributed by atoms with E-state index in [0.717, 1.165) is 11.1 Å². The Balaban J connectivity index is 1.87. The second kappa shape index (κ2) is 9.96. The fourth-order valence-corrected chi connectivity index (χ4v) is 3.46. The molecule has 1 unspecified atom stereocenters. The minimum absolute atomic E-state index is 0.0686. The van der Waals surface area contributed by atoms with Crippen LogP contribution in [0.1, 0.15) is 17.5 Å². The largest absolute Gasteiger partial charge is 0.399 e. The van der Waals surface area contributed by atoms with Gasteiger partial charge in [0.2, 0.25) is 5.91 Å². The van der Waals surface area contributed by atoms with E-state index in [1.165, 1.54) is 0 Å². The molecule has 0 saturated carbocycles. The molecule has 2 aromatic rings. The van der Waals surface area contributed by atoms with Gasteiger partial charge in [-0.3, -0.25) is 9.00 Å². The van der Waals surface area contributed by atoms with E-state index in [1.54, 1.807) is 7.11 Å². The van der Waals surface area contributed by atoms with Gasteiger partial charge in [-0.05, 0) is 35.7 Å². The Kier molecular flexibility index (Phi) is 7.63. The summed E-state index contributed by atoms with van der Waals surface area (Å²) in [6, 6.07) is 15.0. The van der Waals surface area contributed by atoms with Crippen molar-refractivity contribution in [2.45, 2.75) is 18.6 Å². The van der Waals surface area contributed by atoms with Crippen LogP contribution < -0.4 is 11.1 Å². The first kappa shape index (κ1) is 19.1. The van der Waals surface area contributed by atoms with E-state index >= 15 is 0 Å². The van der Waals surface area contributed by atoms with E-state index in [1.807, 2.05) is 48.5 Å². The molecule has 0 aromatic heterocycles. The number of methoxy groups -OCH3 is 1. The van der Waals surface area contributed by atoms with Crippen LogP contribution in [0.2, 0.25) is 0 Å². The second-order valence-corrected chi connectivity index (χ2v) is 7.31. The Bertz CT molecular complexity index is 734. The van der Waals surface area contributed by atoms with Gasteiger partial charge >= 0.3 is 0 Å². The van der Waals surface area contributed by atoms with Crippen molar-refractivity contribution < 1.29 is 13.7 Å². The van der Waals surface area contributed by atoms with Crippen molar-refractivity contribution in [2.75, 3.05) is 30.5 Å². The zero-order chi connectivity index (χ0) is 18.1. The van der Waals surface area contributed by atoms with Crippen LogP contribution in [0.25, 0.3) is 0 Å². The summed E-state index contributed by atoms with van der Waals surface area (Å²) in [4.78, 5) is 12.1. The highest BCUT2D eigenvalue weighted by Crippen LogP contribution is 2.15. The molecule has 2 rings (SSSR count). The highest BCUT2D eigenvalue weighted by molar-refractivity contribution is 7.84. The van der Waals surface area contributed by atoms with E-state index in [4.69, 9.17) is 10.5 Å². The van der Waals surface area contributed by atoms with Crippen LogP contribution in [-0.4, -0.2) is 29.6 Å². The van der Waals surface area contributed by atoms with E-state index < -0.39 is 10.8 Å². The van der Waals surface area contributed by atoms with Gasteiger partial charge in [0.15, 0.2) is 0 Å². The number of hydrogen-bond acceptors (Lipinski definition) is 4. The van der Waals surface area contributed by atoms with Crippen molar-refractivity contribution in [3.8, 4) is 0 Å². The quantitative estimate of drug-likeness (QED) is 0.674. The molecule has 0 heterocycles. The molecule has 134 valence electrons. The van der Waals surface area contributed by atoms with Gasteiger partial charge in [-0.15, -0.1) is 0 Å². The van der Waals surface area contributed by atoms with Crippen molar-refractivity contribution in [2.24, 2.45) is 0 Å². The highest BCUT2D eigenvalue weighted by Gasteiger charge is 2.07. The standard InChI is InChI=1S/C19H24N2O3S/c1-24-11-12-25(23)14-15-5-4-7-17(13-15)21-19(22)10-9-16-6-2-3-8-18(16)20/h2-8,13H,9-12,14,20H2,1H3,(H,21,22). The lowest BCUT2D eigenvalue weighted by Crippen LogP contribution is -2.13. The number of aryl methyl sites for hydroxylation is 1. The Morgan fingerprint density at radius 1 is 1.20 bits per heavy atom. The summed E-state index contributed by atoms with van der Waals surface area (Å²) in [7, 11) is 0.619. The van der Waals surface area contributed by atoms with Crippen molar-refractivity contribution in [3.63, 3.8) is 0 Å². The molecule has 0 saturated heterocycles. The van der Waals surface area contributed by atoms with Gasteiger partial charge in [-0.25, -0.2) is 0 Å². The van der Waals surface area contributed by atoms with Crippen LogP contribution in [0, 0.1) is 0 Å². The van der Waals surface area contributed by atoms with Crippen molar-refractivity contribution >= 4 is 28.1 Å². The van der Waals surface area contributed by atoms with Gasteiger partial charge in [0, 0.05) is 47.2 Å². The number of nitrogens with two attached hydrogens (primary N) is 1. The Morgan fingerprint density at radius 3 is 2.76 bits per heavy atom. The number of rotatable bonds is 9. The summed E-state index contributed by atoms with van der Waals surface area (Å²) in [6.07, 6.45) is 0.956. The molecule has 3 N–H and O–H groups in total. The van der Waals surface area contributed by atoms with Crippen LogP contribution >= 0.6 is 0 Å². The van der Waals surface area contributed by atoms with E-state index in [0.29, 0.717) is 42.3 Å². The fourth-order valence-electron chi connectivity index (χ4n) is 2.41. The molecule has 6 heteroatoms. The van der Waals surface area contributed by atoms with Crippen LogP contribution in [0.4, 0.5) is 11.4 Å². The molecule has 0 radical (unpaired) electrons. The molecule has 1 amide bonds. The molecule has 1 atom stereocenters. The van der Waals surface area contributed by atoms with Crippen LogP contribution in [0.3, 0.4) is 0 Å². The molecule has 2 aromatic carbocycles. The maximum Gasteiger partial charge on any atom is 0.224 e. The first-order valence-electron chi connectivity index (χ1n) is 8.14. The van der Waals surface area contributed by atoms with E-state index in [9.17, 15) is 9.00 Å². The molecule has 0 fully saturated rings. The molecule has 0 bridgehead atoms. The summed E-state index contributed by atoms with van der Waals surface area (Å²) >= 11 is 0. The maximum absolute atomic E-state index is 12.1. The third-order valence-electron chi connectivity index (χ3n) is 3.73. The summed E-state index contributed by atoms with van der Waals surface area (Å²) in [5.41, 5.74) is 9.21. The normalized spacial score (nSPS) is 11.9. The molecular weight excluding hydrogens is 336 g/mol. The summed E-state index contributed by atoms with van der Waals surface area (Å²) in [6.45, 7) is 0.478. The molecule has 5 nitrogen and oxygen atoms in total. The van der Waals surface area contributed by atoms with Crippen LogP contribution in [-0.2, 0) is 32.5 Å². The smallest absolute Gasteiger partial charge is 0.224 e. The van der Waals surface area contributed by atoms with E-state index in [-0.39, 0.29) is 5.91 Å². The summed E-state index contributed by atoms with van der Waals surface area (Å²) in [5, 5.41) is 2.89. The number of ether oxygens (including phenoxy) is 1. The van der Waals surface area contributed by atoms with Gasteiger partial charge < -0.3 is 15.8 Å². The van der Waals surface area contributed by atoms with Crippen LogP contribution in [0.15, 0.2) is 48.5 Å². The Hall–Kier alpha value is -2.18. The Labute approximate surface area is 151 Å². The monoisotopic (exact) mass is 360 g/mol. The average Bonchev–Trinajstić information content (AvgIpc) is 2.59. The van der Waals surface area contributed by atoms with E-state index in [2.05, 4.69) is 5.32 Å². The zero-order valence-electron chi connectivity index (χ0n) is 14.4. The summed E-state index contributed by atoms with van der Waals surface area (Å²) < 4.78 is 16.9. The zero-order valence-corrected chi connectivity index (χ0v) is 15.2. The number of anilines is 2. The second-order valence-electron chi connectivity index (χ2n) is 5.73. The Morgan fingerprint density at radius 2 is 2.00 bits per heavy atom. The molecule has 0 spiro atoms. The number of benzene rings is 2. The molecule has 0 aliphatic heterocycles. The number of nitrogens with one attached hydrogen (secondary N) is 1. The first-order valence-corrected chi connectivity index (χ1v) is 9.63. The lowest BCUT2D eigenvalue weighted by Gasteiger charge is -2.09. The lowest BCUT2D eigenvalue weighted by atomic mass is 10.1. The van der Waals surface area contributed by atoms with Gasteiger partial charge in [0.25, 0.3) is 0 Å². The van der Waals surface area contributed by atoms with Crippen molar-refractivity contribution in [3.05, 3.63) is 59.7 Å². The third kappa shape index (κ3) is 6.68. The van der Waals surface area contributed by atoms with Crippen LogP contribution in [0.5, 0.6) is 0 Å². The lowest BCUT2D eigenvalue weighted by molar-refractivity contribution is -0.116. The van der Waals surface area contributed by atoms with Crippen molar-refractivity contribution in [1.29, 1.82) is 0 Å². The number of nitrogen functional groups attached to an aromatic ring is 1. The number of carbonyl (C=O) groups is 1. The number of carbonyl (C=O) groups excluding carboxylic acids is 1.